The van der Waals surface area contributed by atoms with Gasteiger partial charge in [-0.3, -0.25) is 8.74 Å². The second kappa shape index (κ2) is 38.1. The maximum absolute atomic E-state index is 9.33. The molecule has 0 aromatic heterocycles. The van der Waals surface area contributed by atoms with E-state index in [1.54, 1.807) is 0 Å². The molecule has 0 heterocycles. The van der Waals surface area contributed by atoms with E-state index in [0.717, 1.165) is 11.6 Å². The van der Waals surface area contributed by atoms with Gasteiger partial charge in [0.15, 0.2) is 0 Å². The molecule has 0 amide bonds. The van der Waals surface area contributed by atoms with E-state index in [1.807, 2.05) is 0 Å². The molecule has 0 saturated heterocycles. The van der Waals surface area contributed by atoms with E-state index in [-0.39, 0.29) is 17.0 Å². The van der Waals surface area contributed by atoms with Crippen molar-refractivity contribution in [3.05, 3.63) is 0 Å². The normalized spacial score (nSPS) is 11.7. The van der Waals surface area contributed by atoms with E-state index in [2.05, 4.69) is 60.2 Å². The van der Waals surface area contributed by atoms with E-state index >= 15 is 0 Å². The monoisotopic (exact) mass is 747 g/mol. The minimum atomic E-state index is -4.16. The number of nitrogens with zero attached hydrogens (tertiary/aromatic N) is 2. The number of hydrogen-bond acceptors (Lipinski definition) is 3. The molecule has 0 fully saturated rings. The Balaban J connectivity index is -0.000000326. The summed E-state index contributed by atoms with van der Waals surface area (Å²) in [5.74, 6) is 0. The third kappa shape index (κ3) is 56.6. The Morgan fingerprint density at radius 1 is 0.457 bits per heavy atom. The van der Waals surface area contributed by atoms with Gasteiger partial charge in [-0.25, -0.2) is 0 Å². The van der Waals surface area contributed by atoms with Crippen molar-refractivity contribution >= 4 is 27.4 Å². The quantitative estimate of drug-likeness (QED) is 0.0451. The number of rotatable bonds is 30. The van der Waals surface area contributed by atoms with Crippen LogP contribution in [0.2, 0.25) is 0 Å². The molecule has 0 aliphatic heterocycles. The molecule has 0 aliphatic carbocycles. The fraction of sp³-hybridized carbons (Fsp3) is 1.00. The van der Waals surface area contributed by atoms with Crippen LogP contribution in [0.5, 0.6) is 0 Å². The summed E-state index contributed by atoms with van der Waals surface area (Å²) in [7, 11) is 8.28. The molecule has 0 unspecified atom stereocenters. The molecular weight excluding hydrogens is 660 g/mol. The summed E-state index contributed by atoms with van der Waals surface area (Å²) in [6.45, 7) is 10.8. The molecule has 46 heavy (non-hydrogen) atoms. The van der Waals surface area contributed by atoms with E-state index in [4.69, 9.17) is 4.55 Å². The van der Waals surface area contributed by atoms with Crippen LogP contribution in [0, 0.1) is 0 Å². The SMILES string of the molecule is Br.CCCCCCCCCCCCCCCCCC[N+](C)(C)C.CCCCCCCCCCCC[N+](C)(C)CC.COS(=O)(=O)O. The summed E-state index contributed by atoms with van der Waals surface area (Å²) in [5.41, 5.74) is 0. The molecule has 0 atom stereocenters. The van der Waals surface area contributed by atoms with Crippen LogP contribution in [-0.4, -0.2) is 83.9 Å². The predicted octanol–water partition coefficient (Wildman–Crippen LogP) is 12.0. The van der Waals surface area contributed by atoms with Gasteiger partial charge in [-0.15, -0.1) is 17.0 Å². The molecule has 0 rings (SSSR count). The number of quaternary nitrogens is 2. The second-order valence-electron chi connectivity index (χ2n) is 15.1. The zero-order chi connectivity index (χ0) is 34.7. The van der Waals surface area contributed by atoms with E-state index in [1.165, 1.54) is 191 Å². The van der Waals surface area contributed by atoms with Gasteiger partial charge in [0.1, 0.15) is 0 Å². The molecule has 0 radical (unpaired) electrons. The lowest BCUT2D eigenvalue weighted by atomic mass is 10.0. The van der Waals surface area contributed by atoms with Crippen molar-refractivity contribution in [1.29, 1.82) is 0 Å². The van der Waals surface area contributed by atoms with Gasteiger partial charge in [-0.1, -0.05) is 155 Å². The number of hydrogen-bond donors (Lipinski definition) is 1. The molecule has 0 aromatic rings. The molecule has 284 valence electrons. The van der Waals surface area contributed by atoms with Gasteiger partial charge in [0.25, 0.3) is 0 Å². The molecule has 1 N–H and O–H groups in total. The van der Waals surface area contributed by atoms with Gasteiger partial charge in [-0.05, 0) is 32.6 Å². The predicted molar refractivity (Wildman–Crippen MR) is 211 cm³/mol. The number of halogens is 1. The average Bonchev–Trinajstić information content (AvgIpc) is 2.97. The smallest absolute Gasteiger partial charge is 0.331 e. The third-order valence-electron chi connectivity index (χ3n) is 8.87. The van der Waals surface area contributed by atoms with Crippen molar-refractivity contribution < 1.29 is 26.1 Å². The van der Waals surface area contributed by atoms with E-state index in [0.29, 0.717) is 0 Å². The van der Waals surface area contributed by atoms with Crippen molar-refractivity contribution in [3.8, 4) is 0 Å². The topological polar surface area (TPSA) is 63.6 Å². The highest BCUT2D eigenvalue weighted by molar-refractivity contribution is 8.93. The fourth-order valence-electron chi connectivity index (χ4n) is 5.32. The zero-order valence-corrected chi connectivity index (χ0v) is 35.4. The molecule has 0 spiro atoms. The highest BCUT2D eigenvalue weighted by atomic mass is 79.9. The first-order valence-electron chi connectivity index (χ1n) is 19.4. The highest BCUT2D eigenvalue weighted by Crippen LogP contribution is 2.14. The van der Waals surface area contributed by atoms with Crippen LogP contribution < -0.4 is 0 Å². The third-order valence-corrected chi connectivity index (χ3v) is 9.29. The van der Waals surface area contributed by atoms with Crippen LogP contribution in [0.3, 0.4) is 0 Å². The Bertz CT molecular complexity index is 670. The molecule has 6 nitrogen and oxygen atoms in total. The van der Waals surface area contributed by atoms with E-state index < -0.39 is 10.4 Å². The Hall–Kier alpha value is 0.270. The molecule has 0 saturated carbocycles. The van der Waals surface area contributed by atoms with Crippen LogP contribution >= 0.6 is 17.0 Å². The average molecular weight is 748 g/mol. The summed E-state index contributed by atoms with van der Waals surface area (Å²) in [4.78, 5) is 0. The maximum atomic E-state index is 9.33. The first-order valence-corrected chi connectivity index (χ1v) is 20.8. The van der Waals surface area contributed by atoms with Crippen LogP contribution in [0.25, 0.3) is 0 Å². The maximum Gasteiger partial charge on any atom is 0.397 e. The van der Waals surface area contributed by atoms with Crippen molar-refractivity contribution in [2.45, 2.75) is 188 Å². The number of unbranched alkanes of at least 4 members (excludes halogenated alkanes) is 24. The van der Waals surface area contributed by atoms with Crippen molar-refractivity contribution in [3.63, 3.8) is 0 Å². The Morgan fingerprint density at radius 3 is 0.870 bits per heavy atom. The van der Waals surface area contributed by atoms with Crippen LogP contribution in [0.1, 0.15) is 188 Å². The Morgan fingerprint density at radius 2 is 0.674 bits per heavy atom. The summed E-state index contributed by atoms with van der Waals surface area (Å²) in [6, 6.07) is 0. The highest BCUT2D eigenvalue weighted by Gasteiger charge is 2.10. The van der Waals surface area contributed by atoms with Gasteiger partial charge in [-0.2, -0.15) is 8.42 Å². The molecule has 0 bridgehead atoms. The summed E-state index contributed by atoms with van der Waals surface area (Å²) in [5, 5.41) is 0. The standard InChI is InChI=1S/C21H46N.C16H36N.CH4O4S.BrH/c1-5-6-7-8-9-10-11-12-13-14-15-16-17-18-19-20-21-22(2,3)4;1-5-7-8-9-10-11-12-13-14-15-16-17(3,4)6-2;1-5-6(2,3)4;/h5-21H2,1-4H3;5-16H2,1-4H3;1H3,(H,2,3,4);1H/q2*+1;;. The first-order chi connectivity index (χ1) is 21.2. The summed E-state index contributed by atoms with van der Waals surface area (Å²) in [6.07, 6.45) is 37.8. The fourth-order valence-corrected chi connectivity index (χ4v) is 5.32. The first kappa shape index (κ1) is 53.1. The summed E-state index contributed by atoms with van der Waals surface area (Å²) < 4.78 is 32.0. The molecular formula is C38H87BrN2O4S+2. The van der Waals surface area contributed by atoms with Crippen molar-refractivity contribution in [2.24, 2.45) is 0 Å². The minimum Gasteiger partial charge on any atom is -0.331 e. The van der Waals surface area contributed by atoms with E-state index in [9.17, 15) is 8.42 Å². The Kier molecular flexibility index (Phi) is 43.9. The minimum absolute atomic E-state index is 0. The van der Waals surface area contributed by atoms with Crippen molar-refractivity contribution in [1.82, 2.24) is 0 Å². The van der Waals surface area contributed by atoms with Gasteiger partial charge in [0.2, 0.25) is 0 Å². The van der Waals surface area contributed by atoms with Crippen LogP contribution in [-0.2, 0) is 14.6 Å². The summed E-state index contributed by atoms with van der Waals surface area (Å²) >= 11 is 0. The molecule has 0 aromatic carbocycles. The van der Waals surface area contributed by atoms with Gasteiger partial charge in [0.05, 0.1) is 62.0 Å². The van der Waals surface area contributed by atoms with Gasteiger partial charge >= 0.3 is 10.4 Å². The van der Waals surface area contributed by atoms with Crippen LogP contribution in [0.4, 0.5) is 0 Å². The lowest BCUT2D eigenvalue weighted by Gasteiger charge is -2.28. The second-order valence-corrected chi connectivity index (χ2v) is 16.3. The van der Waals surface area contributed by atoms with Gasteiger partial charge in [0, 0.05) is 0 Å². The molecule has 8 heteroatoms. The lowest BCUT2D eigenvalue weighted by molar-refractivity contribution is -0.888. The zero-order valence-electron chi connectivity index (χ0n) is 32.9. The molecule has 0 aliphatic rings. The van der Waals surface area contributed by atoms with Crippen LogP contribution in [0.15, 0.2) is 0 Å². The van der Waals surface area contributed by atoms with Gasteiger partial charge < -0.3 is 8.97 Å². The van der Waals surface area contributed by atoms with Crippen molar-refractivity contribution in [2.75, 3.05) is 62.0 Å². The Labute approximate surface area is 302 Å². The largest absolute Gasteiger partial charge is 0.397 e. The lowest BCUT2D eigenvalue weighted by Crippen LogP contribution is -2.39.